The molecule has 1 aromatic carbocycles. The minimum atomic E-state index is -1.02. The van der Waals surface area contributed by atoms with Gasteiger partial charge in [-0.1, -0.05) is 37.5 Å². The Kier molecular flexibility index (Phi) is 3.96. The van der Waals surface area contributed by atoms with Crippen molar-refractivity contribution in [1.82, 2.24) is 4.90 Å². The third-order valence-corrected chi connectivity index (χ3v) is 4.64. The molecule has 2 amide bonds. The number of carboxylic acids is 1. The molecule has 0 saturated heterocycles. The van der Waals surface area contributed by atoms with E-state index in [-0.39, 0.29) is 24.3 Å². The maximum absolute atomic E-state index is 12.8. The number of amides is 2. The second-order valence-corrected chi connectivity index (χ2v) is 6.04. The van der Waals surface area contributed by atoms with Crippen LogP contribution in [0.4, 0.5) is 0 Å². The van der Waals surface area contributed by atoms with Crippen molar-refractivity contribution in [3.63, 3.8) is 0 Å². The van der Waals surface area contributed by atoms with E-state index in [4.69, 9.17) is 5.11 Å². The highest BCUT2D eigenvalue weighted by Gasteiger charge is 2.42. The molecule has 0 spiro atoms. The number of carboxylic acid groups (broad SMARTS) is 1. The standard InChI is InChI=1S/C17H19NO4/c19-15(20)10-14-12-8-4-5-9-13(12)16(21)18(17(14)22)11-6-2-1-3-7-11/h4-5,8-9,11,14H,1-3,6-7,10H2,(H,19,20). The summed E-state index contributed by atoms with van der Waals surface area (Å²) in [5, 5.41) is 9.12. The van der Waals surface area contributed by atoms with Crippen LogP contribution in [0.25, 0.3) is 0 Å². The van der Waals surface area contributed by atoms with Crippen molar-refractivity contribution in [3.8, 4) is 0 Å². The predicted molar refractivity (Wildman–Crippen MR) is 79.5 cm³/mol. The average molecular weight is 301 g/mol. The smallest absolute Gasteiger partial charge is 0.304 e. The van der Waals surface area contributed by atoms with Crippen LogP contribution >= 0.6 is 0 Å². The zero-order valence-corrected chi connectivity index (χ0v) is 12.3. The summed E-state index contributed by atoms with van der Waals surface area (Å²) in [6, 6.07) is 6.79. The van der Waals surface area contributed by atoms with Crippen LogP contribution in [0, 0.1) is 0 Å². The Bertz CT molecular complexity index is 619. The molecule has 1 aromatic rings. The van der Waals surface area contributed by atoms with Gasteiger partial charge in [0.25, 0.3) is 5.91 Å². The molecule has 0 aromatic heterocycles. The van der Waals surface area contributed by atoms with Gasteiger partial charge in [0.15, 0.2) is 0 Å². The Hall–Kier alpha value is -2.17. The maximum Gasteiger partial charge on any atom is 0.304 e. The summed E-state index contributed by atoms with van der Waals surface area (Å²) in [6.07, 6.45) is 4.51. The fraction of sp³-hybridized carbons (Fsp3) is 0.471. The molecule has 1 heterocycles. The zero-order valence-electron chi connectivity index (χ0n) is 12.3. The van der Waals surface area contributed by atoms with Crippen LogP contribution in [0.1, 0.15) is 60.4 Å². The molecule has 2 aliphatic rings. The first-order valence-corrected chi connectivity index (χ1v) is 7.77. The van der Waals surface area contributed by atoms with Gasteiger partial charge in [-0.2, -0.15) is 0 Å². The van der Waals surface area contributed by atoms with Gasteiger partial charge >= 0.3 is 5.97 Å². The van der Waals surface area contributed by atoms with Crippen LogP contribution in [0.3, 0.4) is 0 Å². The molecule has 1 atom stereocenters. The molecule has 1 saturated carbocycles. The first kappa shape index (κ1) is 14.8. The SMILES string of the molecule is O=C(O)CC1C(=O)N(C2CCCCC2)C(=O)c2ccccc21. The minimum absolute atomic E-state index is 0.0848. The lowest BCUT2D eigenvalue weighted by Crippen LogP contribution is -2.51. The number of imide groups is 1. The Morgan fingerprint density at radius 2 is 1.82 bits per heavy atom. The second kappa shape index (κ2) is 5.91. The summed E-state index contributed by atoms with van der Waals surface area (Å²) in [5.41, 5.74) is 1.02. The lowest BCUT2D eigenvalue weighted by atomic mass is 9.83. The Balaban J connectivity index is 2.01. The molecule has 116 valence electrons. The van der Waals surface area contributed by atoms with E-state index in [2.05, 4.69) is 0 Å². The van der Waals surface area contributed by atoms with Crippen LogP contribution in [-0.2, 0) is 9.59 Å². The highest BCUT2D eigenvalue weighted by Crippen LogP contribution is 2.35. The van der Waals surface area contributed by atoms with E-state index in [9.17, 15) is 14.4 Å². The number of hydrogen-bond donors (Lipinski definition) is 1. The van der Waals surface area contributed by atoms with Crippen molar-refractivity contribution in [2.45, 2.75) is 50.5 Å². The first-order valence-electron chi connectivity index (χ1n) is 7.77. The number of fused-ring (bicyclic) bond motifs is 1. The van der Waals surface area contributed by atoms with E-state index in [0.29, 0.717) is 11.1 Å². The van der Waals surface area contributed by atoms with Crippen molar-refractivity contribution < 1.29 is 19.5 Å². The van der Waals surface area contributed by atoms with Gasteiger partial charge in [0, 0.05) is 11.6 Å². The van der Waals surface area contributed by atoms with Gasteiger partial charge < -0.3 is 5.11 Å². The molecular formula is C17H19NO4. The number of carbonyl (C=O) groups excluding carboxylic acids is 2. The second-order valence-electron chi connectivity index (χ2n) is 6.04. The van der Waals surface area contributed by atoms with Gasteiger partial charge in [-0.3, -0.25) is 19.3 Å². The third-order valence-electron chi connectivity index (χ3n) is 4.64. The topological polar surface area (TPSA) is 74.7 Å². The molecule has 3 rings (SSSR count). The van der Waals surface area contributed by atoms with E-state index in [1.54, 1.807) is 24.3 Å². The van der Waals surface area contributed by atoms with Crippen molar-refractivity contribution in [2.75, 3.05) is 0 Å². The molecule has 1 N–H and O–H groups in total. The van der Waals surface area contributed by atoms with Crippen LogP contribution in [0.15, 0.2) is 24.3 Å². The van der Waals surface area contributed by atoms with Crippen molar-refractivity contribution in [2.24, 2.45) is 0 Å². The van der Waals surface area contributed by atoms with Crippen molar-refractivity contribution in [3.05, 3.63) is 35.4 Å². The molecule has 1 fully saturated rings. The predicted octanol–water partition coefficient (Wildman–Crippen LogP) is 2.56. The van der Waals surface area contributed by atoms with Crippen LogP contribution < -0.4 is 0 Å². The van der Waals surface area contributed by atoms with Gasteiger partial charge in [-0.15, -0.1) is 0 Å². The number of aliphatic carboxylic acids is 1. The number of rotatable bonds is 3. The van der Waals surface area contributed by atoms with Gasteiger partial charge in [0.2, 0.25) is 5.91 Å². The maximum atomic E-state index is 12.8. The fourth-order valence-electron chi connectivity index (χ4n) is 3.58. The quantitative estimate of drug-likeness (QED) is 0.871. The molecule has 1 aliphatic heterocycles. The van der Waals surface area contributed by atoms with E-state index >= 15 is 0 Å². The van der Waals surface area contributed by atoms with Crippen molar-refractivity contribution >= 4 is 17.8 Å². The fourth-order valence-corrected chi connectivity index (χ4v) is 3.58. The molecule has 0 radical (unpaired) electrons. The summed E-state index contributed by atoms with van der Waals surface area (Å²) < 4.78 is 0. The van der Waals surface area contributed by atoms with E-state index in [1.807, 2.05) is 0 Å². The van der Waals surface area contributed by atoms with E-state index in [0.717, 1.165) is 32.1 Å². The summed E-state index contributed by atoms with van der Waals surface area (Å²) in [6.45, 7) is 0. The molecule has 5 heteroatoms. The Morgan fingerprint density at radius 1 is 1.14 bits per heavy atom. The molecular weight excluding hydrogens is 282 g/mol. The molecule has 0 bridgehead atoms. The molecule has 1 aliphatic carbocycles. The highest BCUT2D eigenvalue weighted by atomic mass is 16.4. The first-order chi connectivity index (χ1) is 10.6. The van der Waals surface area contributed by atoms with Gasteiger partial charge in [0.05, 0.1) is 12.3 Å². The van der Waals surface area contributed by atoms with Crippen LogP contribution in [0.5, 0.6) is 0 Å². The number of carbonyl (C=O) groups is 3. The lowest BCUT2D eigenvalue weighted by Gasteiger charge is -2.38. The minimum Gasteiger partial charge on any atom is -0.481 e. The van der Waals surface area contributed by atoms with Gasteiger partial charge in [0.1, 0.15) is 0 Å². The van der Waals surface area contributed by atoms with Gasteiger partial charge in [-0.05, 0) is 24.5 Å². The summed E-state index contributed by atoms with van der Waals surface area (Å²) in [5.74, 6) is -2.40. The Morgan fingerprint density at radius 3 is 2.50 bits per heavy atom. The summed E-state index contributed by atoms with van der Waals surface area (Å²) >= 11 is 0. The Labute approximate surface area is 128 Å². The largest absolute Gasteiger partial charge is 0.481 e. The molecule has 1 unspecified atom stereocenters. The van der Waals surface area contributed by atoms with E-state index in [1.165, 1.54) is 4.90 Å². The van der Waals surface area contributed by atoms with E-state index < -0.39 is 11.9 Å². The normalized spacial score (nSPS) is 22.5. The monoisotopic (exact) mass is 301 g/mol. The third kappa shape index (κ3) is 2.51. The average Bonchev–Trinajstić information content (AvgIpc) is 2.52. The number of nitrogens with zero attached hydrogens (tertiary/aromatic N) is 1. The highest BCUT2D eigenvalue weighted by molar-refractivity contribution is 6.12. The number of benzene rings is 1. The molecule has 5 nitrogen and oxygen atoms in total. The summed E-state index contributed by atoms with van der Waals surface area (Å²) in [4.78, 5) is 38.0. The van der Waals surface area contributed by atoms with Crippen LogP contribution in [-0.4, -0.2) is 33.8 Å². The van der Waals surface area contributed by atoms with Gasteiger partial charge in [-0.25, -0.2) is 0 Å². The lowest BCUT2D eigenvalue weighted by molar-refractivity contribution is -0.142. The zero-order chi connectivity index (χ0) is 15.7. The number of hydrogen-bond acceptors (Lipinski definition) is 3. The summed E-state index contributed by atoms with van der Waals surface area (Å²) in [7, 11) is 0. The molecule has 22 heavy (non-hydrogen) atoms. The van der Waals surface area contributed by atoms with Crippen LogP contribution in [0.2, 0.25) is 0 Å². The van der Waals surface area contributed by atoms with Crippen molar-refractivity contribution in [1.29, 1.82) is 0 Å².